The first-order valence-electron chi connectivity index (χ1n) is 11.6. The topological polar surface area (TPSA) is 81.1 Å². The van der Waals surface area contributed by atoms with Crippen LogP contribution in [0.1, 0.15) is 27.2 Å². The standard InChI is InChI=1S/C29H20F3N3O2/c1-13-7-26(33)35-14(2)22(13)12-34-29(36)16-4-6-18-21(9-16)28-20-8-15(3-5-17(20)27(18)37-28)19-10-24(31)25(32)11-23(19)30/h3-11H,12H2,1-2H3,(H2,33,35)(H,34,36). The van der Waals surface area contributed by atoms with E-state index in [0.29, 0.717) is 46.1 Å². The van der Waals surface area contributed by atoms with E-state index in [-0.39, 0.29) is 11.5 Å². The van der Waals surface area contributed by atoms with E-state index >= 15 is 0 Å². The number of hydrogen-bond donors (Lipinski definition) is 2. The zero-order chi connectivity index (χ0) is 26.0. The van der Waals surface area contributed by atoms with E-state index in [0.717, 1.165) is 39.0 Å². The summed E-state index contributed by atoms with van der Waals surface area (Å²) in [5.41, 5.74) is 10.4. The summed E-state index contributed by atoms with van der Waals surface area (Å²) in [7, 11) is 0. The van der Waals surface area contributed by atoms with Gasteiger partial charge in [-0.05, 0) is 73.0 Å². The molecule has 0 fully saturated rings. The number of aryl methyl sites for hydroxylation is 2. The number of benzene rings is 4. The molecule has 184 valence electrons. The van der Waals surface area contributed by atoms with E-state index < -0.39 is 17.5 Å². The Labute approximate surface area is 209 Å². The molecule has 0 saturated heterocycles. The van der Waals surface area contributed by atoms with Gasteiger partial charge in [-0.25, -0.2) is 18.2 Å². The van der Waals surface area contributed by atoms with Crippen molar-refractivity contribution in [2.75, 3.05) is 5.73 Å². The normalized spacial score (nSPS) is 11.7. The molecule has 0 aliphatic heterocycles. The maximum absolute atomic E-state index is 14.4. The zero-order valence-corrected chi connectivity index (χ0v) is 19.9. The molecule has 3 aromatic heterocycles. The van der Waals surface area contributed by atoms with Crippen LogP contribution < -0.4 is 11.1 Å². The SMILES string of the molecule is Cc1cc(N)nc(C)c1CNC(=O)c1ccc2c(c1)c1oc2c2ccc(-c3cc(F)c(F)cc3F)cc21. The number of nitrogens with two attached hydrogens (primary N) is 1. The largest absolute Gasteiger partial charge is 0.455 e. The summed E-state index contributed by atoms with van der Waals surface area (Å²) in [6.07, 6.45) is 0. The summed E-state index contributed by atoms with van der Waals surface area (Å²) in [6.45, 7) is 4.07. The molecular formula is C29H20F3N3O2. The molecule has 0 aliphatic rings. The molecule has 0 aliphatic carbocycles. The second kappa shape index (κ2) is 8.23. The van der Waals surface area contributed by atoms with Gasteiger partial charge in [0.05, 0.1) is 0 Å². The fourth-order valence-corrected chi connectivity index (χ4v) is 4.95. The first-order chi connectivity index (χ1) is 17.7. The smallest absolute Gasteiger partial charge is 0.251 e. The van der Waals surface area contributed by atoms with Crippen molar-refractivity contribution in [3.63, 3.8) is 0 Å². The quantitative estimate of drug-likeness (QED) is 0.207. The van der Waals surface area contributed by atoms with Crippen molar-refractivity contribution in [3.8, 4) is 11.1 Å². The first-order valence-corrected chi connectivity index (χ1v) is 11.6. The van der Waals surface area contributed by atoms with Crippen molar-refractivity contribution < 1.29 is 22.4 Å². The summed E-state index contributed by atoms with van der Waals surface area (Å²) >= 11 is 0. The highest BCUT2D eigenvalue weighted by Crippen LogP contribution is 2.42. The van der Waals surface area contributed by atoms with E-state index in [1.165, 1.54) is 0 Å². The van der Waals surface area contributed by atoms with E-state index in [9.17, 15) is 18.0 Å². The van der Waals surface area contributed by atoms with Gasteiger partial charge in [0.2, 0.25) is 0 Å². The lowest BCUT2D eigenvalue weighted by molar-refractivity contribution is 0.0951. The summed E-state index contributed by atoms with van der Waals surface area (Å²) in [4.78, 5) is 17.2. The number of pyridine rings is 1. The molecule has 0 atom stereocenters. The Morgan fingerprint density at radius 2 is 1.54 bits per heavy atom. The average molecular weight is 499 g/mol. The summed E-state index contributed by atoms with van der Waals surface area (Å²) in [5, 5.41) is 6.02. The van der Waals surface area contributed by atoms with E-state index in [2.05, 4.69) is 10.3 Å². The van der Waals surface area contributed by atoms with Crippen molar-refractivity contribution in [1.29, 1.82) is 0 Å². The highest BCUT2D eigenvalue weighted by atomic mass is 19.2. The van der Waals surface area contributed by atoms with Crippen LogP contribution in [0.5, 0.6) is 0 Å². The second-order valence-corrected chi connectivity index (χ2v) is 9.14. The van der Waals surface area contributed by atoms with Gasteiger partial charge in [-0.2, -0.15) is 0 Å². The Hall–Kier alpha value is -4.59. The molecule has 5 nitrogen and oxygen atoms in total. The number of anilines is 1. The van der Waals surface area contributed by atoms with Crippen molar-refractivity contribution in [2.24, 2.45) is 0 Å². The summed E-state index contributed by atoms with van der Waals surface area (Å²) < 4.78 is 47.6. The van der Waals surface area contributed by atoms with Crippen LogP contribution in [0.25, 0.3) is 43.8 Å². The van der Waals surface area contributed by atoms with Gasteiger partial charge in [-0.15, -0.1) is 0 Å². The van der Waals surface area contributed by atoms with Gasteiger partial charge in [-0.3, -0.25) is 4.79 Å². The minimum atomic E-state index is -1.24. The fraction of sp³-hybridized carbons (Fsp3) is 0.103. The van der Waals surface area contributed by atoms with Gasteiger partial charge in [0, 0.05) is 51.0 Å². The highest BCUT2D eigenvalue weighted by Gasteiger charge is 2.20. The third kappa shape index (κ3) is 3.64. The molecule has 6 rings (SSSR count). The number of carbonyl (C=O) groups excluding carboxylic acids is 1. The molecule has 6 aromatic rings. The number of nitrogens with zero attached hydrogens (tertiary/aromatic N) is 1. The number of nitrogen functional groups attached to an aromatic ring is 1. The van der Waals surface area contributed by atoms with Gasteiger partial charge in [0.25, 0.3) is 5.91 Å². The number of fused-ring (bicyclic) bond motifs is 8. The minimum Gasteiger partial charge on any atom is -0.455 e. The molecule has 0 unspecified atom stereocenters. The number of aromatic nitrogens is 1. The summed E-state index contributed by atoms with van der Waals surface area (Å²) in [6, 6.07) is 13.6. The number of rotatable bonds is 4. The zero-order valence-electron chi connectivity index (χ0n) is 19.9. The number of halogens is 3. The van der Waals surface area contributed by atoms with Crippen molar-refractivity contribution >= 4 is 44.4 Å². The van der Waals surface area contributed by atoms with Gasteiger partial charge < -0.3 is 15.5 Å². The average Bonchev–Trinajstić information content (AvgIpc) is 3.42. The molecule has 3 N–H and O–H groups in total. The van der Waals surface area contributed by atoms with Crippen LogP contribution in [0.4, 0.5) is 19.0 Å². The predicted octanol–water partition coefficient (Wildman–Crippen LogP) is 6.79. The Kier molecular flexibility index (Phi) is 5.08. The summed E-state index contributed by atoms with van der Waals surface area (Å²) in [5.74, 6) is -3.05. The number of amides is 1. The Morgan fingerprint density at radius 1 is 0.865 bits per heavy atom. The van der Waals surface area contributed by atoms with E-state index in [1.807, 2.05) is 19.9 Å². The lowest BCUT2D eigenvalue weighted by Crippen LogP contribution is -2.24. The Balaban J connectivity index is 1.37. The van der Waals surface area contributed by atoms with Crippen LogP contribution in [0.2, 0.25) is 0 Å². The van der Waals surface area contributed by atoms with Crippen LogP contribution in [0.3, 0.4) is 0 Å². The van der Waals surface area contributed by atoms with E-state index in [4.69, 9.17) is 10.2 Å². The van der Waals surface area contributed by atoms with Gasteiger partial charge >= 0.3 is 0 Å². The monoisotopic (exact) mass is 499 g/mol. The molecule has 0 radical (unpaired) electrons. The number of hydrogen-bond acceptors (Lipinski definition) is 4. The van der Waals surface area contributed by atoms with Crippen molar-refractivity contribution in [3.05, 3.63) is 94.4 Å². The third-order valence-corrected chi connectivity index (χ3v) is 6.80. The van der Waals surface area contributed by atoms with Crippen LogP contribution in [0.15, 0.2) is 59.0 Å². The first kappa shape index (κ1) is 22.8. The maximum atomic E-state index is 14.4. The van der Waals surface area contributed by atoms with Crippen LogP contribution in [-0.2, 0) is 6.54 Å². The molecule has 37 heavy (non-hydrogen) atoms. The Bertz CT molecular complexity index is 1850. The number of furan rings is 2. The van der Waals surface area contributed by atoms with Crippen molar-refractivity contribution in [2.45, 2.75) is 20.4 Å². The molecule has 3 heterocycles. The van der Waals surface area contributed by atoms with Crippen LogP contribution >= 0.6 is 0 Å². The molecule has 3 aromatic carbocycles. The van der Waals surface area contributed by atoms with Gasteiger partial charge in [0.15, 0.2) is 11.6 Å². The maximum Gasteiger partial charge on any atom is 0.251 e. The van der Waals surface area contributed by atoms with Crippen molar-refractivity contribution in [1.82, 2.24) is 10.3 Å². The van der Waals surface area contributed by atoms with Crippen LogP contribution in [-0.4, -0.2) is 10.9 Å². The van der Waals surface area contributed by atoms with Gasteiger partial charge in [-0.1, -0.05) is 6.07 Å². The second-order valence-electron chi connectivity index (χ2n) is 9.14. The molecule has 8 heteroatoms. The van der Waals surface area contributed by atoms with E-state index in [1.54, 1.807) is 36.4 Å². The number of carbonyl (C=O) groups is 1. The molecule has 0 spiro atoms. The number of nitrogens with one attached hydrogen (secondary N) is 1. The molecular weight excluding hydrogens is 479 g/mol. The predicted molar refractivity (Wildman–Crippen MR) is 137 cm³/mol. The van der Waals surface area contributed by atoms with Gasteiger partial charge in [0.1, 0.15) is 22.8 Å². The lowest BCUT2D eigenvalue weighted by Gasteiger charge is -2.11. The molecule has 1 amide bonds. The minimum absolute atomic E-state index is 0.0498. The fourth-order valence-electron chi connectivity index (χ4n) is 4.95. The van der Waals surface area contributed by atoms with Crippen LogP contribution in [0, 0.1) is 31.3 Å². The molecule has 0 saturated carbocycles. The third-order valence-electron chi connectivity index (χ3n) is 6.80. The Morgan fingerprint density at radius 3 is 2.30 bits per heavy atom. The highest BCUT2D eigenvalue weighted by molar-refractivity contribution is 6.26. The molecule has 2 bridgehead atoms. The lowest BCUT2D eigenvalue weighted by atomic mass is 9.97.